The summed E-state index contributed by atoms with van der Waals surface area (Å²) in [7, 11) is 0. The molecule has 0 radical (unpaired) electrons. The summed E-state index contributed by atoms with van der Waals surface area (Å²) in [6.45, 7) is 2.83. The monoisotopic (exact) mass is 517 g/mol. The summed E-state index contributed by atoms with van der Waals surface area (Å²) in [4.78, 5) is 28.2. The van der Waals surface area contributed by atoms with Gasteiger partial charge in [-0.3, -0.25) is 19.8 Å². The van der Waals surface area contributed by atoms with E-state index in [1.165, 1.54) is 6.07 Å². The van der Waals surface area contributed by atoms with E-state index in [0.29, 0.717) is 41.5 Å². The highest BCUT2D eigenvalue weighted by molar-refractivity contribution is 6.07. The topological polar surface area (TPSA) is 93.9 Å². The molecule has 1 amide bonds. The third-order valence-electron chi connectivity index (χ3n) is 8.09. The third-order valence-corrected chi connectivity index (χ3v) is 8.09. The molecule has 0 aliphatic carbocycles. The predicted molar refractivity (Wildman–Crippen MR) is 138 cm³/mol. The maximum Gasteiger partial charge on any atom is 0.256 e. The Bertz CT molecular complexity index is 1410. The molecule has 0 saturated carbocycles. The normalized spacial score (nSPS) is 25.7. The highest BCUT2D eigenvalue weighted by Crippen LogP contribution is 2.58. The fourth-order valence-corrected chi connectivity index (χ4v) is 6.67. The molecule has 2 fully saturated rings. The Labute approximate surface area is 219 Å². The number of ether oxygens (including phenoxy) is 2. The van der Waals surface area contributed by atoms with Gasteiger partial charge in [0.1, 0.15) is 12.4 Å². The number of nitrogens with one attached hydrogen (secondary N) is 1. The second kappa shape index (κ2) is 9.40. The van der Waals surface area contributed by atoms with Gasteiger partial charge in [-0.05, 0) is 49.6 Å². The quantitative estimate of drug-likeness (QED) is 0.356. The number of amides is 1. The molecule has 0 aromatic heterocycles. The van der Waals surface area contributed by atoms with Gasteiger partial charge in [-0.25, -0.2) is 4.39 Å². The molecule has 8 nitrogen and oxygen atoms in total. The maximum absolute atomic E-state index is 14.1. The summed E-state index contributed by atoms with van der Waals surface area (Å²) in [5, 5.41) is 15.7. The van der Waals surface area contributed by atoms with Gasteiger partial charge in [-0.2, -0.15) is 0 Å². The lowest BCUT2D eigenvalue weighted by atomic mass is 9.77. The highest BCUT2D eigenvalue weighted by atomic mass is 19.1. The van der Waals surface area contributed by atoms with Gasteiger partial charge in [0.15, 0.2) is 17.0 Å². The van der Waals surface area contributed by atoms with Gasteiger partial charge in [0.05, 0.1) is 12.5 Å². The van der Waals surface area contributed by atoms with Gasteiger partial charge < -0.3 is 14.8 Å². The Balaban J connectivity index is 1.41. The Hall–Kier alpha value is -3.98. The van der Waals surface area contributed by atoms with Crippen molar-refractivity contribution in [3.63, 3.8) is 0 Å². The molecule has 3 aliphatic heterocycles. The molecule has 38 heavy (non-hydrogen) atoms. The second-order valence-corrected chi connectivity index (χ2v) is 9.94. The molecule has 2 saturated heterocycles. The molecule has 3 aromatic carbocycles. The molecule has 6 rings (SSSR count). The lowest BCUT2D eigenvalue weighted by molar-refractivity contribution is -0.534. The number of hydrogen-bond acceptors (Lipinski definition) is 6. The Morgan fingerprint density at radius 1 is 1.11 bits per heavy atom. The number of carbonyl (C=O) groups excluding carboxylic acids is 1. The first kappa shape index (κ1) is 24.4. The number of anilines is 1. The number of carbonyl (C=O) groups is 1. The largest absolute Gasteiger partial charge is 0.490 e. The van der Waals surface area contributed by atoms with Crippen LogP contribution in [0.1, 0.15) is 42.4 Å². The fourth-order valence-electron chi connectivity index (χ4n) is 6.67. The standard InChI is InChI=1S/C29H28FN3O5/c1-2-37-25-16-18(13-14-24(25)38-17-19-8-3-5-10-21(19)30)26-23-12-7-15-32(23)29(27(26)33(35)36)20-9-4-6-11-22(20)31-28(29)34/h3-6,8-11,13-14,16,23,26-27H,2,7,12,15,17H2,1H3,(H,31,34)/t23-,26+,27-,29+/m0/s1. The van der Waals surface area contributed by atoms with Gasteiger partial charge in [-0.1, -0.05) is 42.5 Å². The molecule has 0 unspecified atom stereocenters. The van der Waals surface area contributed by atoms with Crippen LogP contribution in [0.2, 0.25) is 0 Å². The van der Waals surface area contributed by atoms with Gasteiger partial charge in [-0.15, -0.1) is 0 Å². The van der Waals surface area contributed by atoms with E-state index in [4.69, 9.17) is 9.47 Å². The first-order valence-electron chi connectivity index (χ1n) is 12.9. The third kappa shape index (κ3) is 3.56. The maximum atomic E-state index is 14.1. The second-order valence-electron chi connectivity index (χ2n) is 9.94. The lowest BCUT2D eigenvalue weighted by Crippen LogP contribution is -2.55. The molecule has 3 heterocycles. The van der Waals surface area contributed by atoms with E-state index in [9.17, 15) is 19.3 Å². The van der Waals surface area contributed by atoms with E-state index in [-0.39, 0.29) is 29.3 Å². The first-order valence-corrected chi connectivity index (χ1v) is 12.9. The van der Waals surface area contributed by atoms with E-state index in [2.05, 4.69) is 10.2 Å². The number of halogens is 1. The Kier molecular flexibility index (Phi) is 6.03. The summed E-state index contributed by atoms with van der Waals surface area (Å²) < 4.78 is 25.9. The van der Waals surface area contributed by atoms with Crippen molar-refractivity contribution >= 4 is 11.6 Å². The van der Waals surface area contributed by atoms with Gasteiger partial charge in [0, 0.05) is 34.3 Å². The van der Waals surface area contributed by atoms with Crippen molar-refractivity contribution in [1.82, 2.24) is 4.90 Å². The zero-order valence-corrected chi connectivity index (χ0v) is 20.9. The molecule has 4 atom stereocenters. The Morgan fingerprint density at radius 3 is 2.68 bits per heavy atom. The number of para-hydroxylation sites is 1. The minimum Gasteiger partial charge on any atom is -0.490 e. The van der Waals surface area contributed by atoms with E-state index < -0.39 is 17.5 Å². The van der Waals surface area contributed by atoms with E-state index in [0.717, 1.165) is 18.4 Å². The molecule has 1 spiro atoms. The fraction of sp³-hybridized carbons (Fsp3) is 0.345. The Morgan fingerprint density at radius 2 is 1.89 bits per heavy atom. The van der Waals surface area contributed by atoms with Crippen LogP contribution in [0.5, 0.6) is 11.5 Å². The van der Waals surface area contributed by atoms with Crippen molar-refractivity contribution in [3.8, 4) is 11.5 Å². The van der Waals surface area contributed by atoms with Gasteiger partial charge in [0.25, 0.3) is 11.9 Å². The van der Waals surface area contributed by atoms with Crippen molar-refractivity contribution in [1.29, 1.82) is 0 Å². The van der Waals surface area contributed by atoms with Crippen molar-refractivity contribution in [2.45, 2.75) is 49.9 Å². The molecule has 9 heteroatoms. The van der Waals surface area contributed by atoms with E-state index in [1.807, 2.05) is 31.2 Å². The predicted octanol–water partition coefficient (Wildman–Crippen LogP) is 4.86. The number of rotatable bonds is 7. The highest BCUT2D eigenvalue weighted by Gasteiger charge is 2.73. The smallest absolute Gasteiger partial charge is 0.256 e. The van der Waals surface area contributed by atoms with Crippen LogP contribution in [0.3, 0.4) is 0 Å². The number of fused-ring (bicyclic) bond motifs is 4. The molecular weight excluding hydrogens is 489 g/mol. The van der Waals surface area contributed by atoms with E-state index >= 15 is 0 Å². The summed E-state index contributed by atoms with van der Waals surface area (Å²) in [6.07, 6.45) is 1.60. The van der Waals surface area contributed by atoms with Crippen molar-refractivity contribution in [3.05, 3.63) is 99.4 Å². The van der Waals surface area contributed by atoms with Gasteiger partial charge >= 0.3 is 0 Å². The van der Waals surface area contributed by atoms with Crippen LogP contribution >= 0.6 is 0 Å². The van der Waals surface area contributed by atoms with Crippen LogP contribution < -0.4 is 14.8 Å². The van der Waals surface area contributed by atoms with Crippen LogP contribution in [-0.4, -0.2) is 41.0 Å². The summed E-state index contributed by atoms with van der Waals surface area (Å²) in [5.41, 5.74) is 1.05. The van der Waals surface area contributed by atoms with Crippen molar-refractivity contribution in [2.75, 3.05) is 18.5 Å². The molecule has 1 N–H and O–H groups in total. The van der Waals surface area contributed by atoms with Crippen molar-refractivity contribution < 1.29 is 23.6 Å². The minimum absolute atomic E-state index is 0.0174. The average molecular weight is 518 g/mol. The zero-order valence-electron chi connectivity index (χ0n) is 20.9. The lowest BCUT2D eigenvalue weighted by Gasteiger charge is -2.32. The zero-order chi connectivity index (χ0) is 26.4. The van der Waals surface area contributed by atoms with Crippen LogP contribution in [0, 0.1) is 15.9 Å². The SMILES string of the molecule is CCOc1cc([C@H]2[C@H]([N+](=O)[O-])[C@]3(C(=O)Nc4ccccc43)N3CCC[C@@H]23)ccc1OCc1ccccc1F. The number of nitrogens with zero attached hydrogens (tertiary/aromatic N) is 2. The van der Waals surface area contributed by atoms with Crippen LogP contribution in [0.4, 0.5) is 10.1 Å². The van der Waals surface area contributed by atoms with Crippen LogP contribution in [0.25, 0.3) is 0 Å². The summed E-state index contributed by atoms with van der Waals surface area (Å²) >= 11 is 0. The summed E-state index contributed by atoms with van der Waals surface area (Å²) in [5.74, 6) is -0.376. The van der Waals surface area contributed by atoms with Crippen molar-refractivity contribution in [2.24, 2.45) is 0 Å². The minimum atomic E-state index is -1.38. The average Bonchev–Trinajstić information content (AvgIpc) is 3.57. The molecule has 3 aliphatic rings. The van der Waals surface area contributed by atoms with Gasteiger partial charge in [0.2, 0.25) is 0 Å². The molecule has 3 aromatic rings. The molecular formula is C29H28FN3O5. The van der Waals surface area contributed by atoms with Crippen LogP contribution in [-0.2, 0) is 16.9 Å². The summed E-state index contributed by atoms with van der Waals surface area (Å²) in [6, 6.07) is 17.6. The number of nitro groups is 1. The molecule has 0 bridgehead atoms. The van der Waals surface area contributed by atoms with Crippen LogP contribution in [0.15, 0.2) is 66.7 Å². The first-order chi connectivity index (χ1) is 18.5. The number of hydrogen-bond donors (Lipinski definition) is 1. The number of benzene rings is 3. The van der Waals surface area contributed by atoms with E-state index in [1.54, 1.807) is 36.4 Å². The molecule has 196 valence electrons.